The van der Waals surface area contributed by atoms with Gasteiger partial charge in [0, 0.05) is 37.1 Å². The van der Waals surface area contributed by atoms with Gasteiger partial charge in [0.15, 0.2) is 0 Å². The summed E-state index contributed by atoms with van der Waals surface area (Å²) in [6, 6.07) is 11.5. The molecule has 194 valence electrons. The summed E-state index contributed by atoms with van der Waals surface area (Å²) in [5.41, 5.74) is 0.332. The molecule has 2 aliphatic heterocycles. The summed E-state index contributed by atoms with van der Waals surface area (Å²) in [6.45, 7) is 3.83. The first kappa shape index (κ1) is 25.4. The zero-order valence-corrected chi connectivity index (χ0v) is 21.9. The lowest BCUT2D eigenvalue weighted by molar-refractivity contribution is -0.145. The van der Waals surface area contributed by atoms with Gasteiger partial charge >= 0.3 is 0 Å². The molecule has 3 heterocycles. The van der Waals surface area contributed by atoms with E-state index in [0.29, 0.717) is 42.4 Å². The number of aromatic nitrogens is 1. The second kappa shape index (κ2) is 10.3. The van der Waals surface area contributed by atoms with Crippen molar-refractivity contribution >= 4 is 49.9 Å². The zero-order valence-electron chi connectivity index (χ0n) is 20.3. The number of likely N-dealkylation sites (tertiary alicyclic amines) is 1. The maximum atomic E-state index is 14.1. The van der Waals surface area contributed by atoms with Crippen molar-refractivity contribution in [1.29, 1.82) is 0 Å². The molecule has 0 aliphatic carbocycles. The number of hydrogen-bond donors (Lipinski definition) is 0. The van der Waals surface area contributed by atoms with E-state index < -0.39 is 28.0 Å². The van der Waals surface area contributed by atoms with E-state index in [2.05, 4.69) is 4.98 Å². The summed E-state index contributed by atoms with van der Waals surface area (Å²) in [5, 5.41) is 2.07. The van der Waals surface area contributed by atoms with Crippen molar-refractivity contribution in [3.8, 4) is 0 Å². The predicted molar refractivity (Wildman–Crippen MR) is 140 cm³/mol. The molecule has 1 unspecified atom stereocenters. The minimum Gasteiger partial charge on any atom is -0.378 e. The summed E-state index contributed by atoms with van der Waals surface area (Å²) in [5.74, 6) is -0.564. The molecule has 3 aromatic rings. The standard InChI is InChI=1S/C26H27ClN4O5S/c1-18(25(32)29-12-14-36-15-13-29)30-11-8-24(26(30)33)31(22-6-9-28-10-7-22)37(34,35)23-5-3-19-16-21(27)4-2-20(19)17-23/h2-7,9-10,16-18,24H,8,11-15H2,1H3/t18-,24?/m0/s1. The Morgan fingerprint density at radius 3 is 2.46 bits per heavy atom. The quantitative estimate of drug-likeness (QED) is 0.475. The van der Waals surface area contributed by atoms with E-state index in [1.807, 2.05) is 0 Å². The molecular formula is C26H27ClN4O5S. The number of ether oxygens (including phenoxy) is 1. The van der Waals surface area contributed by atoms with Crippen LogP contribution in [0.2, 0.25) is 5.02 Å². The third-order valence-electron chi connectivity index (χ3n) is 6.89. The number of fused-ring (bicyclic) bond motifs is 1. The third-order valence-corrected chi connectivity index (χ3v) is 8.96. The van der Waals surface area contributed by atoms with Crippen molar-refractivity contribution < 1.29 is 22.7 Å². The van der Waals surface area contributed by atoms with E-state index in [0.717, 1.165) is 5.39 Å². The number of nitrogens with zero attached hydrogens (tertiary/aromatic N) is 4. The summed E-state index contributed by atoms with van der Waals surface area (Å²) in [6.07, 6.45) is 3.23. The third kappa shape index (κ3) is 4.88. The number of halogens is 1. The van der Waals surface area contributed by atoms with Crippen LogP contribution >= 0.6 is 11.6 Å². The Kier molecular flexibility index (Phi) is 7.06. The van der Waals surface area contributed by atoms with E-state index in [-0.39, 0.29) is 23.8 Å². The molecule has 2 fully saturated rings. The first-order valence-electron chi connectivity index (χ1n) is 12.1. The highest BCUT2D eigenvalue weighted by Gasteiger charge is 2.45. The Morgan fingerprint density at radius 2 is 1.73 bits per heavy atom. The Balaban J connectivity index is 1.48. The molecule has 1 aromatic heterocycles. The number of benzene rings is 2. The van der Waals surface area contributed by atoms with E-state index in [9.17, 15) is 18.0 Å². The molecule has 0 spiro atoms. The van der Waals surface area contributed by atoms with Gasteiger partial charge in [0.25, 0.3) is 10.0 Å². The van der Waals surface area contributed by atoms with Crippen molar-refractivity contribution in [2.24, 2.45) is 0 Å². The van der Waals surface area contributed by atoms with Crippen molar-refractivity contribution in [3.63, 3.8) is 0 Å². The van der Waals surface area contributed by atoms with Crippen molar-refractivity contribution in [2.45, 2.75) is 30.3 Å². The Labute approximate surface area is 220 Å². The largest absolute Gasteiger partial charge is 0.378 e. The van der Waals surface area contributed by atoms with E-state index in [4.69, 9.17) is 16.3 Å². The lowest BCUT2D eigenvalue weighted by atomic mass is 10.1. The number of morpholine rings is 1. The van der Waals surface area contributed by atoms with E-state index in [1.54, 1.807) is 54.3 Å². The van der Waals surface area contributed by atoms with Gasteiger partial charge in [-0.25, -0.2) is 8.42 Å². The average molecular weight is 543 g/mol. The Morgan fingerprint density at radius 1 is 1.05 bits per heavy atom. The van der Waals surface area contributed by atoms with Crippen LogP contribution in [0.3, 0.4) is 0 Å². The molecule has 9 nitrogen and oxygen atoms in total. The summed E-state index contributed by atoms with van der Waals surface area (Å²) >= 11 is 6.08. The minimum atomic E-state index is -4.15. The van der Waals surface area contributed by atoms with Gasteiger partial charge in [0.1, 0.15) is 12.1 Å². The van der Waals surface area contributed by atoms with Crippen molar-refractivity contribution in [2.75, 3.05) is 37.2 Å². The zero-order chi connectivity index (χ0) is 26.2. The fourth-order valence-electron chi connectivity index (χ4n) is 4.92. The number of amides is 2. The molecular weight excluding hydrogens is 516 g/mol. The van der Waals surface area contributed by atoms with Crippen molar-refractivity contribution in [1.82, 2.24) is 14.8 Å². The van der Waals surface area contributed by atoms with Crippen LogP contribution in [-0.2, 0) is 24.3 Å². The normalized spacial score (nSPS) is 19.3. The van der Waals surface area contributed by atoms with Gasteiger partial charge < -0.3 is 14.5 Å². The number of rotatable bonds is 6. The van der Waals surface area contributed by atoms with Gasteiger partial charge in [0.2, 0.25) is 11.8 Å². The van der Waals surface area contributed by atoms with Crippen LogP contribution in [0.25, 0.3) is 10.8 Å². The predicted octanol–water partition coefficient (Wildman–Crippen LogP) is 2.93. The Hall–Kier alpha value is -3.21. The van der Waals surface area contributed by atoms with Crippen LogP contribution in [0.5, 0.6) is 0 Å². The number of sulfonamides is 1. The molecule has 2 aromatic carbocycles. The number of pyridine rings is 1. The van der Waals surface area contributed by atoms with Gasteiger partial charge in [-0.3, -0.25) is 18.9 Å². The molecule has 2 atom stereocenters. The highest BCUT2D eigenvalue weighted by atomic mass is 35.5. The second-order valence-corrected chi connectivity index (χ2v) is 11.4. The molecule has 2 saturated heterocycles. The first-order valence-corrected chi connectivity index (χ1v) is 13.9. The molecule has 11 heteroatoms. The topological polar surface area (TPSA) is 100 Å². The first-order chi connectivity index (χ1) is 17.8. The summed E-state index contributed by atoms with van der Waals surface area (Å²) < 4.78 is 34.6. The molecule has 2 amide bonds. The number of anilines is 1. The number of carbonyl (C=O) groups is 2. The molecule has 5 rings (SSSR count). The van der Waals surface area contributed by atoms with E-state index in [1.165, 1.54) is 27.7 Å². The maximum Gasteiger partial charge on any atom is 0.265 e. The van der Waals surface area contributed by atoms with Crippen LogP contribution < -0.4 is 4.31 Å². The molecule has 37 heavy (non-hydrogen) atoms. The van der Waals surface area contributed by atoms with Crippen LogP contribution in [0.15, 0.2) is 65.8 Å². The summed E-state index contributed by atoms with van der Waals surface area (Å²) in [4.78, 5) is 34.0. The highest BCUT2D eigenvalue weighted by molar-refractivity contribution is 7.93. The number of carbonyl (C=O) groups excluding carboxylic acids is 2. The lowest BCUT2D eigenvalue weighted by Gasteiger charge is -2.33. The van der Waals surface area contributed by atoms with Gasteiger partial charge in [0.05, 0.1) is 23.8 Å². The number of hydrogen-bond acceptors (Lipinski definition) is 6. The monoisotopic (exact) mass is 542 g/mol. The van der Waals surface area contributed by atoms with Gasteiger partial charge in [-0.05, 0) is 60.5 Å². The molecule has 2 aliphatic rings. The fourth-order valence-corrected chi connectivity index (χ4v) is 6.77. The lowest BCUT2D eigenvalue weighted by Crippen LogP contribution is -2.53. The smallest absolute Gasteiger partial charge is 0.265 e. The van der Waals surface area contributed by atoms with Crippen LogP contribution in [0, 0.1) is 0 Å². The molecule has 0 radical (unpaired) electrons. The maximum absolute atomic E-state index is 14.1. The van der Waals surface area contributed by atoms with Crippen LogP contribution in [0.1, 0.15) is 13.3 Å². The van der Waals surface area contributed by atoms with Gasteiger partial charge in [-0.15, -0.1) is 0 Å². The SMILES string of the molecule is C[C@@H](C(=O)N1CCOCC1)N1CCC(N(c2ccncc2)S(=O)(=O)c2ccc3cc(Cl)ccc3c2)C1=O. The molecule has 0 N–H and O–H groups in total. The van der Waals surface area contributed by atoms with Crippen LogP contribution in [0.4, 0.5) is 5.69 Å². The summed E-state index contributed by atoms with van der Waals surface area (Å²) in [7, 11) is -4.15. The Bertz CT molecular complexity index is 1430. The van der Waals surface area contributed by atoms with Gasteiger partial charge in [-0.1, -0.05) is 23.7 Å². The fraction of sp³-hybridized carbons (Fsp3) is 0.346. The van der Waals surface area contributed by atoms with Crippen molar-refractivity contribution in [3.05, 3.63) is 65.9 Å². The molecule has 0 bridgehead atoms. The van der Waals surface area contributed by atoms with Gasteiger partial charge in [-0.2, -0.15) is 0 Å². The minimum absolute atomic E-state index is 0.0582. The second-order valence-electron chi connectivity index (χ2n) is 9.11. The highest BCUT2D eigenvalue weighted by Crippen LogP contribution is 2.33. The van der Waals surface area contributed by atoms with Crippen LogP contribution in [-0.4, -0.2) is 79.9 Å². The van der Waals surface area contributed by atoms with E-state index >= 15 is 0 Å². The molecule has 0 saturated carbocycles. The average Bonchev–Trinajstić information content (AvgIpc) is 3.29.